The second kappa shape index (κ2) is 7.46. The van der Waals surface area contributed by atoms with Crippen LogP contribution in [-0.4, -0.2) is 43.4 Å². The molecule has 9 heteroatoms. The largest absolute Gasteiger partial charge is 0.497 e. The predicted octanol–water partition coefficient (Wildman–Crippen LogP) is 3.25. The number of carbonyl (C=O) groups excluding carboxylic acids is 3. The molecule has 0 bridgehead atoms. The zero-order valence-corrected chi connectivity index (χ0v) is 15.9. The van der Waals surface area contributed by atoms with Crippen molar-refractivity contribution in [1.29, 1.82) is 0 Å². The van der Waals surface area contributed by atoms with E-state index in [4.69, 9.17) is 32.7 Å². The molecule has 3 amide bonds. The number of hydrogen-bond acceptors (Lipinski definition) is 5. The van der Waals surface area contributed by atoms with Crippen molar-refractivity contribution >= 4 is 46.6 Å². The van der Waals surface area contributed by atoms with Crippen molar-refractivity contribution < 1.29 is 23.9 Å². The van der Waals surface area contributed by atoms with Crippen LogP contribution in [0.3, 0.4) is 0 Å². The Balaban J connectivity index is 1.79. The van der Waals surface area contributed by atoms with Gasteiger partial charge in [0.25, 0.3) is 11.8 Å². The summed E-state index contributed by atoms with van der Waals surface area (Å²) in [7, 11) is 2.94. The van der Waals surface area contributed by atoms with E-state index in [1.54, 1.807) is 18.2 Å². The number of nitrogens with one attached hydrogen (secondary N) is 1. The third-order valence-corrected chi connectivity index (χ3v) is 4.72. The van der Waals surface area contributed by atoms with Crippen LogP contribution < -0.4 is 14.8 Å². The van der Waals surface area contributed by atoms with Crippen LogP contribution >= 0.6 is 23.2 Å². The summed E-state index contributed by atoms with van der Waals surface area (Å²) < 4.78 is 10.3. The number of imide groups is 1. The van der Waals surface area contributed by atoms with Crippen LogP contribution in [0.4, 0.5) is 5.69 Å². The Morgan fingerprint density at radius 2 is 1.59 bits per heavy atom. The maximum absolute atomic E-state index is 12.5. The predicted molar refractivity (Wildman–Crippen MR) is 100 cm³/mol. The van der Waals surface area contributed by atoms with Gasteiger partial charge >= 0.3 is 0 Å². The number of methoxy groups -OCH3 is 2. The van der Waals surface area contributed by atoms with Gasteiger partial charge in [-0.3, -0.25) is 19.3 Å². The minimum Gasteiger partial charge on any atom is -0.497 e. The first kappa shape index (κ1) is 19.0. The van der Waals surface area contributed by atoms with E-state index < -0.39 is 24.3 Å². The molecule has 2 aromatic carbocycles. The second-order valence-corrected chi connectivity index (χ2v) is 6.44. The van der Waals surface area contributed by atoms with Crippen molar-refractivity contribution in [1.82, 2.24) is 4.90 Å². The molecule has 2 aromatic rings. The van der Waals surface area contributed by atoms with Crippen LogP contribution in [0.5, 0.6) is 11.5 Å². The van der Waals surface area contributed by atoms with E-state index in [2.05, 4.69) is 5.32 Å². The minimum absolute atomic E-state index is 0.112. The minimum atomic E-state index is -0.610. The number of halogens is 2. The van der Waals surface area contributed by atoms with Gasteiger partial charge in [-0.15, -0.1) is 0 Å². The Labute approximate surface area is 164 Å². The van der Waals surface area contributed by atoms with Gasteiger partial charge in [0, 0.05) is 6.07 Å². The van der Waals surface area contributed by atoms with Gasteiger partial charge in [0.1, 0.15) is 18.0 Å². The van der Waals surface area contributed by atoms with Crippen molar-refractivity contribution in [2.75, 3.05) is 26.1 Å². The molecule has 1 aliphatic rings. The van der Waals surface area contributed by atoms with Crippen LogP contribution in [0.25, 0.3) is 0 Å². The normalized spacial score (nSPS) is 12.8. The van der Waals surface area contributed by atoms with Gasteiger partial charge < -0.3 is 14.8 Å². The van der Waals surface area contributed by atoms with E-state index in [9.17, 15) is 14.4 Å². The summed E-state index contributed by atoms with van der Waals surface area (Å²) in [6.07, 6.45) is 0. The summed E-state index contributed by atoms with van der Waals surface area (Å²) in [5.41, 5.74) is 0.576. The average Bonchev–Trinajstić information content (AvgIpc) is 2.86. The topological polar surface area (TPSA) is 84.9 Å². The molecule has 0 atom stereocenters. The first-order chi connectivity index (χ1) is 12.8. The van der Waals surface area contributed by atoms with Crippen molar-refractivity contribution in [3.05, 3.63) is 51.5 Å². The van der Waals surface area contributed by atoms with Gasteiger partial charge in [0.2, 0.25) is 5.91 Å². The van der Waals surface area contributed by atoms with Gasteiger partial charge in [-0.05, 0) is 24.3 Å². The molecule has 7 nitrogen and oxygen atoms in total. The third kappa shape index (κ3) is 3.56. The van der Waals surface area contributed by atoms with Crippen molar-refractivity contribution in [2.45, 2.75) is 0 Å². The fourth-order valence-electron chi connectivity index (χ4n) is 2.67. The second-order valence-electron chi connectivity index (χ2n) is 5.62. The number of nitrogens with zero attached hydrogens (tertiary/aromatic N) is 1. The summed E-state index contributed by atoms with van der Waals surface area (Å²) in [6, 6.07) is 7.51. The van der Waals surface area contributed by atoms with Crippen LogP contribution in [0.1, 0.15) is 20.7 Å². The Morgan fingerprint density at radius 3 is 2.11 bits per heavy atom. The standard InChI is InChI=1S/C18H14Cl2N2O5/c1-26-9-3-4-15(27-2)14(5-9)21-16(23)8-22-17(24)10-6-12(19)13(20)7-11(10)18(22)25/h3-7H,8H2,1-2H3,(H,21,23). The lowest BCUT2D eigenvalue weighted by molar-refractivity contribution is -0.116. The summed E-state index contributed by atoms with van der Waals surface area (Å²) in [5, 5.41) is 2.92. The summed E-state index contributed by atoms with van der Waals surface area (Å²) in [4.78, 5) is 38.2. The Kier molecular flexibility index (Phi) is 5.25. The Hall–Kier alpha value is -2.77. The van der Waals surface area contributed by atoms with Gasteiger partial charge in [0.15, 0.2) is 0 Å². The highest BCUT2D eigenvalue weighted by atomic mass is 35.5. The molecule has 0 saturated carbocycles. The first-order valence-electron chi connectivity index (χ1n) is 7.72. The zero-order valence-electron chi connectivity index (χ0n) is 14.3. The van der Waals surface area contributed by atoms with Gasteiger partial charge in [0.05, 0.1) is 41.1 Å². The summed E-state index contributed by atoms with van der Waals surface area (Å²) in [5.74, 6) is -0.878. The fourth-order valence-corrected chi connectivity index (χ4v) is 3.00. The van der Waals surface area contributed by atoms with E-state index in [1.165, 1.54) is 26.4 Å². The van der Waals surface area contributed by atoms with E-state index >= 15 is 0 Å². The van der Waals surface area contributed by atoms with Crippen molar-refractivity contribution in [3.8, 4) is 11.5 Å². The lowest BCUT2D eigenvalue weighted by atomic mass is 10.1. The molecule has 0 saturated heterocycles. The number of rotatable bonds is 5. The summed E-state index contributed by atoms with van der Waals surface area (Å²) in [6.45, 7) is -0.470. The van der Waals surface area contributed by atoms with Crippen molar-refractivity contribution in [2.24, 2.45) is 0 Å². The van der Waals surface area contributed by atoms with E-state index in [1.807, 2.05) is 0 Å². The smallest absolute Gasteiger partial charge is 0.262 e. The van der Waals surface area contributed by atoms with Gasteiger partial charge in [-0.2, -0.15) is 0 Å². The Bertz CT molecular complexity index is 920. The van der Waals surface area contributed by atoms with E-state index in [0.717, 1.165) is 4.90 Å². The first-order valence-corrected chi connectivity index (χ1v) is 8.48. The number of benzene rings is 2. The van der Waals surface area contributed by atoms with Crippen molar-refractivity contribution in [3.63, 3.8) is 0 Å². The lowest BCUT2D eigenvalue weighted by Gasteiger charge is -2.15. The Morgan fingerprint density at radius 1 is 1.00 bits per heavy atom. The lowest BCUT2D eigenvalue weighted by Crippen LogP contribution is -2.37. The quantitative estimate of drug-likeness (QED) is 0.767. The van der Waals surface area contributed by atoms with Crippen LogP contribution in [0, 0.1) is 0 Å². The third-order valence-electron chi connectivity index (χ3n) is 3.99. The van der Waals surface area contributed by atoms with Gasteiger partial charge in [-0.25, -0.2) is 0 Å². The highest BCUT2D eigenvalue weighted by Gasteiger charge is 2.37. The van der Waals surface area contributed by atoms with Crippen LogP contribution in [0.2, 0.25) is 10.0 Å². The molecular weight excluding hydrogens is 395 g/mol. The van der Waals surface area contributed by atoms with Crippen LogP contribution in [0.15, 0.2) is 30.3 Å². The molecule has 3 rings (SSSR count). The number of carbonyl (C=O) groups is 3. The maximum atomic E-state index is 12.5. The number of hydrogen-bond donors (Lipinski definition) is 1. The summed E-state index contributed by atoms with van der Waals surface area (Å²) >= 11 is 11.8. The van der Waals surface area contributed by atoms with Gasteiger partial charge in [-0.1, -0.05) is 23.2 Å². The number of amides is 3. The molecule has 27 heavy (non-hydrogen) atoms. The molecule has 1 N–H and O–H groups in total. The fraction of sp³-hybridized carbons (Fsp3) is 0.167. The van der Waals surface area contributed by atoms with Crippen LogP contribution in [-0.2, 0) is 4.79 Å². The molecule has 140 valence electrons. The highest BCUT2D eigenvalue weighted by Crippen LogP contribution is 2.32. The van der Waals surface area contributed by atoms with E-state index in [0.29, 0.717) is 17.2 Å². The molecule has 0 spiro atoms. The zero-order chi connectivity index (χ0) is 19.7. The van der Waals surface area contributed by atoms with E-state index in [-0.39, 0.29) is 21.2 Å². The molecule has 0 aliphatic carbocycles. The number of fused-ring (bicyclic) bond motifs is 1. The highest BCUT2D eigenvalue weighted by molar-refractivity contribution is 6.43. The SMILES string of the molecule is COc1ccc(OC)c(NC(=O)CN2C(=O)c3cc(Cl)c(Cl)cc3C2=O)c1. The monoisotopic (exact) mass is 408 g/mol. The molecular formula is C18H14Cl2N2O5. The number of ether oxygens (including phenoxy) is 2. The molecule has 0 fully saturated rings. The molecule has 0 aromatic heterocycles. The maximum Gasteiger partial charge on any atom is 0.262 e. The molecule has 0 unspecified atom stereocenters. The molecule has 1 heterocycles. The molecule has 0 radical (unpaired) electrons. The number of anilines is 1. The molecule has 1 aliphatic heterocycles. The average molecular weight is 409 g/mol.